The van der Waals surface area contributed by atoms with Crippen LogP contribution >= 0.6 is 0 Å². The van der Waals surface area contributed by atoms with Gasteiger partial charge >= 0.3 is 0 Å². The molecule has 1 aliphatic heterocycles. The van der Waals surface area contributed by atoms with Gasteiger partial charge in [0.05, 0.1) is 6.61 Å². The number of methoxy groups -OCH3 is 1. The maximum Gasteiger partial charge on any atom is 0.0508 e. The van der Waals surface area contributed by atoms with Gasteiger partial charge in [0, 0.05) is 26.1 Å². The highest BCUT2D eigenvalue weighted by Crippen LogP contribution is 2.51. The van der Waals surface area contributed by atoms with Crippen LogP contribution in [0.25, 0.3) is 0 Å². The summed E-state index contributed by atoms with van der Waals surface area (Å²) in [6, 6.07) is 0. The lowest BCUT2D eigenvalue weighted by Crippen LogP contribution is -2.39. The highest BCUT2D eigenvalue weighted by atomic mass is 16.5. The summed E-state index contributed by atoms with van der Waals surface area (Å²) in [6.45, 7) is 5.46. The standard InChI is InChI=1S/C12H24N2O/c1-15-9-11-8-14(7-3-6-13)10-12(11)4-2-5-12/h11H,2-10,13H2,1H3. The van der Waals surface area contributed by atoms with Gasteiger partial charge in [-0.2, -0.15) is 0 Å². The average molecular weight is 212 g/mol. The molecule has 15 heavy (non-hydrogen) atoms. The van der Waals surface area contributed by atoms with Crippen LogP contribution in [0.2, 0.25) is 0 Å². The molecule has 3 nitrogen and oxygen atoms in total. The molecule has 2 N–H and O–H groups in total. The van der Waals surface area contributed by atoms with Crippen LogP contribution < -0.4 is 5.73 Å². The quantitative estimate of drug-likeness (QED) is 0.741. The molecular formula is C12H24N2O. The SMILES string of the molecule is COCC1CN(CCCN)CC12CCC2. The topological polar surface area (TPSA) is 38.5 Å². The van der Waals surface area contributed by atoms with Crippen LogP contribution in [0.5, 0.6) is 0 Å². The summed E-state index contributed by atoms with van der Waals surface area (Å²) in [4.78, 5) is 2.59. The fraction of sp³-hybridized carbons (Fsp3) is 1.00. The van der Waals surface area contributed by atoms with Crippen molar-refractivity contribution in [2.75, 3.05) is 39.9 Å². The van der Waals surface area contributed by atoms with E-state index in [1.807, 2.05) is 7.11 Å². The second-order valence-corrected chi connectivity index (χ2v) is 5.25. The summed E-state index contributed by atoms with van der Waals surface area (Å²) in [7, 11) is 1.83. The van der Waals surface area contributed by atoms with Crippen LogP contribution in [-0.4, -0.2) is 44.8 Å². The Kier molecular flexibility index (Phi) is 3.65. The number of hydrogen-bond acceptors (Lipinski definition) is 3. The van der Waals surface area contributed by atoms with Gasteiger partial charge in [-0.1, -0.05) is 6.42 Å². The lowest BCUT2D eigenvalue weighted by molar-refractivity contribution is 0.0368. The van der Waals surface area contributed by atoms with E-state index in [-0.39, 0.29) is 0 Å². The maximum absolute atomic E-state index is 5.56. The van der Waals surface area contributed by atoms with Gasteiger partial charge in [-0.05, 0) is 37.8 Å². The first-order chi connectivity index (χ1) is 7.30. The Hall–Kier alpha value is -0.120. The zero-order chi connectivity index (χ0) is 10.7. The molecule has 88 valence electrons. The Balaban J connectivity index is 1.88. The summed E-state index contributed by atoms with van der Waals surface area (Å²) in [6.07, 6.45) is 5.39. The average Bonchev–Trinajstić information content (AvgIpc) is 2.54. The molecule has 0 bridgehead atoms. The van der Waals surface area contributed by atoms with Gasteiger partial charge in [0.25, 0.3) is 0 Å². The fourth-order valence-corrected chi connectivity index (χ4v) is 3.26. The van der Waals surface area contributed by atoms with Crippen molar-refractivity contribution in [1.29, 1.82) is 0 Å². The molecule has 0 aromatic carbocycles. The number of nitrogens with zero attached hydrogens (tertiary/aromatic N) is 1. The molecule has 0 aromatic heterocycles. The van der Waals surface area contributed by atoms with Crippen LogP contribution in [0.4, 0.5) is 0 Å². The lowest BCUT2D eigenvalue weighted by atomic mass is 9.63. The van der Waals surface area contributed by atoms with Crippen molar-refractivity contribution in [3.05, 3.63) is 0 Å². The first-order valence-corrected chi connectivity index (χ1v) is 6.22. The summed E-state index contributed by atoms with van der Waals surface area (Å²) < 4.78 is 5.36. The first-order valence-electron chi connectivity index (χ1n) is 6.22. The molecule has 1 heterocycles. The highest BCUT2D eigenvalue weighted by Gasteiger charge is 2.49. The van der Waals surface area contributed by atoms with Gasteiger partial charge in [-0.15, -0.1) is 0 Å². The lowest BCUT2D eigenvalue weighted by Gasteiger charge is -2.42. The first kappa shape index (κ1) is 11.4. The predicted octanol–water partition coefficient (Wildman–Crippen LogP) is 1.08. The van der Waals surface area contributed by atoms with Crippen LogP contribution in [0, 0.1) is 11.3 Å². The number of nitrogens with two attached hydrogens (primary N) is 1. The largest absolute Gasteiger partial charge is 0.384 e. The molecule has 2 aliphatic rings. The molecule has 0 aromatic rings. The molecule has 2 fully saturated rings. The molecule has 1 unspecified atom stereocenters. The van der Waals surface area contributed by atoms with Crippen molar-refractivity contribution in [2.24, 2.45) is 17.1 Å². The molecular weight excluding hydrogens is 188 g/mol. The van der Waals surface area contributed by atoms with E-state index in [2.05, 4.69) is 4.90 Å². The monoisotopic (exact) mass is 212 g/mol. The van der Waals surface area contributed by atoms with E-state index in [1.54, 1.807) is 0 Å². The van der Waals surface area contributed by atoms with Crippen molar-refractivity contribution in [1.82, 2.24) is 4.90 Å². The third kappa shape index (κ3) is 2.19. The Morgan fingerprint density at radius 3 is 2.80 bits per heavy atom. The maximum atomic E-state index is 5.56. The van der Waals surface area contributed by atoms with Crippen LogP contribution in [0.3, 0.4) is 0 Å². The third-order valence-electron chi connectivity index (χ3n) is 4.28. The Morgan fingerprint density at radius 1 is 1.47 bits per heavy atom. The third-order valence-corrected chi connectivity index (χ3v) is 4.28. The molecule has 1 aliphatic carbocycles. The molecule has 2 rings (SSSR count). The van der Waals surface area contributed by atoms with Crippen molar-refractivity contribution in [2.45, 2.75) is 25.7 Å². The van der Waals surface area contributed by atoms with E-state index >= 15 is 0 Å². The number of ether oxygens (including phenoxy) is 1. The van der Waals surface area contributed by atoms with Crippen LogP contribution in [-0.2, 0) is 4.74 Å². The summed E-state index contributed by atoms with van der Waals surface area (Å²) >= 11 is 0. The molecule has 1 saturated heterocycles. The van der Waals surface area contributed by atoms with E-state index in [1.165, 1.54) is 38.9 Å². The summed E-state index contributed by atoms with van der Waals surface area (Å²) in [5.41, 5.74) is 6.18. The van der Waals surface area contributed by atoms with Gasteiger partial charge in [-0.25, -0.2) is 0 Å². The van der Waals surface area contributed by atoms with Crippen LogP contribution in [0.15, 0.2) is 0 Å². The predicted molar refractivity (Wildman–Crippen MR) is 61.8 cm³/mol. The number of rotatable bonds is 5. The minimum atomic E-state index is 0.616. The van der Waals surface area contributed by atoms with Crippen molar-refractivity contribution >= 4 is 0 Å². The van der Waals surface area contributed by atoms with E-state index < -0.39 is 0 Å². The fourth-order valence-electron chi connectivity index (χ4n) is 3.26. The normalized spacial score (nSPS) is 29.6. The van der Waals surface area contributed by atoms with Gasteiger partial charge in [0.1, 0.15) is 0 Å². The van der Waals surface area contributed by atoms with Gasteiger partial charge < -0.3 is 15.4 Å². The summed E-state index contributed by atoms with van der Waals surface area (Å²) in [5.74, 6) is 0.772. The Morgan fingerprint density at radius 2 is 2.27 bits per heavy atom. The van der Waals surface area contributed by atoms with Crippen LogP contribution in [0.1, 0.15) is 25.7 Å². The molecule has 0 radical (unpaired) electrons. The van der Waals surface area contributed by atoms with E-state index in [0.29, 0.717) is 5.41 Å². The van der Waals surface area contributed by atoms with E-state index in [9.17, 15) is 0 Å². The molecule has 0 amide bonds. The zero-order valence-corrected chi connectivity index (χ0v) is 9.87. The second kappa shape index (κ2) is 4.81. The molecule has 1 saturated carbocycles. The van der Waals surface area contributed by atoms with Gasteiger partial charge in [-0.3, -0.25) is 0 Å². The minimum absolute atomic E-state index is 0.616. The minimum Gasteiger partial charge on any atom is -0.384 e. The molecule has 3 heteroatoms. The van der Waals surface area contributed by atoms with E-state index in [4.69, 9.17) is 10.5 Å². The Labute approximate surface area is 93.0 Å². The van der Waals surface area contributed by atoms with Gasteiger partial charge in [0.15, 0.2) is 0 Å². The smallest absolute Gasteiger partial charge is 0.0508 e. The zero-order valence-electron chi connectivity index (χ0n) is 9.87. The molecule has 1 atom stereocenters. The van der Waals surface area contributed by atoms with Crippen molar-refractivity contribution in [3.8, 4) is 0 Å². The highest BCUT2D eigenvalue weighted by molar-refractivity contribution is 5.01. The molecule has 1 spiro atoms. The van der Waals surface area contributed by atoms with Crippen molar-refractivity contribution < 1.29 is 4.74 Å². The van der Waals surface area contributed by atoms with E-state index in [0.717, 1.165) is 25.5 Å². The van der Waals surface area contributed by atoms with Gasteiger partial charge in [0.2, 0.25) is 0 Å². The van der Waals surface area contributed by atoms with Crippen molar-refractivity contribution in [3.63, 3.8) is 0 Å². The number of likely N-dealkylation sites (tertiary alicyclic amines) is 1. The second-order valence-electron chi connectivity index (χ2n) is 5.25. The number of hydrogen-bond donors (Lipinski definition) is 1. The Bertz CT molecular complexity index is 204. The summed E-state index contributed by atoms with van der Waals surface area (Å²) in [5, 5.41) is 0.